The normalized spacial score (nSPS) is 15.7. The molecule has 9 nitrogen and oxygen atoms in total. The molecule has 0 spiro atoms. The lowest BCUT2D eigenvalue weighted by atomic mass is 10.1. The van der Waals surface area contributed by atoms with Gasteiger partial charge in [-0.15, -0.1) is 0 Å². The minimum absolute atomic E-state index is 0.102. The highest BCUT2D eigenvalue weighted by Crippen LogP contribution is 2.32. The van der Waals surface area contributed by atoms with Crippen molar-refractivity contribution in [2.75, 3.05) is 13.1 Å². The van der Waals surface area contributed by atoms with E-state index in [0.717, 1.165) is 50.2 Å². The van der Waals surface area contributed by atoms with Gasteiger partial charge in [0.1, 0.15) is 11.2 Å². The lowest BCUT2D eigenvalue weighted by Crippen LogP contribution is -2.24. The third-order valence-electron chi connectivity index (χ3n) is 6.91. The van der Waals surface area contributed by atoms with Crippen LogP contribution < -0.4 is 0 Å². The Morgan fingerprint density at radius 1 is 1.08 bits per heavy atom. The zero-order valence-corrected chi connectivity index (χ0v) is 20.5. The third-order valence-corrected chi connectivity index (χ3v) is 6.91. The van der Waals surface area contributed by atoms with E-state index < -0.39 is 5.92 Å². The number of benzene rings is 1. The minimum atomic E-state index is -2.62. The number of imidazole rings is 2. The summed E-state index contributed by atoms with van der Waals surface area (Å²) < 4.78 is 29.2. The zero-order chi connectivity index (χ0) is 25.9. The molecule has 0 radical (unpaired) electrons. The summed E-state index contributed by atoms with van der Waals surface area (Å²) in [7, 11) is 0. The molecule has 11 heteroatoms. The van der Waals surface area contributed by atoms with Crippen molar-refractivity contribution in [1.29, 1.82) is 0 Å². The minimum Gasteiger partial charge on any atom is -0.337 e. The second-order valence-corrected chi connectivity index (χ2v) is 9.77. The SMILES string of the molecule is Cc1cn(-c2cccc3[nH]c(-c4[nH]nc5ncc(-c6cncc(CN7CCC(F)(F)C7)c6)cc45)nc23)cn1. The van der Waals surface area contributed by atoms with Gasteiger partial charge in [-0.25, -0.2) is 23.7 Å². The van der Waals surface area contributed by atoms with Gasteiger partial charge < -0.3 is 9.55 Å². The first-order chi connectivity index (χ1) is 18.4. The van der Waals surface area contributed by atoms with Crippen LogP contribution in [-0.4, -0.2) is 63.6 Å². The number of hydrogen-bond donors (Lipinski definition) is 2. The first kappa shape index (κ1) is 22.7. The molecule has 5 aromatic heterocycles. The number of hydrogen-bond acceptors (Lipinski definition) is 6. The van der Waals surface area contributed by atoms with Crippen LogP contribution in [0.25, 0.3) is 50.4 Å². The molecule has 1 aromatic carbocycles. The van der Waals surface area contributed by atoms with Crippen LogP contribution in [0.3, 0.4) is 0 Å². The maximum atomic E-state index is 13.6. The molecule has 0 unspecified atom stereocenters. The number of nitrogens with one attached hydrogen (secondary N) is 2. The first-order valence-electron chi connectivity index (χ1n) is 12.3. The number of aromatic amines is 2. The van der Waals surface area contributed by atoms with Gasteiger partial charge in [-0.1, -0.05) is 6.07 Å². The third kappa shape index (κ3) is 4.01. The molecule has 38 heavy (non-hydrogen) atoms. The molecule has 1 saturated heterocycles. The number of nitrogens with zero attached hydrogens (tertiary/aromatic N) is 7. The quantitative estimate of drug-likeness (QED) is 0.341. The fourth-order valence-electron chi connectivity index (χ4n) is 5.07. The van der Waals surface area contributed by atoms with Gasteiger partial charge in [-0.2, -0.15) is 5.10 Å². The van der Waals surface area contributed by atoms with Crippen molar-refractivity contribution in [2.45, 2.75) is 25.8 Å². The molecule has 0 amide bonds. The Morgan fingerprint density at radius 2 is 1.97 bits per heavy atom. The molecule has 1 fully saturated rings. The smallest absolute Gasteiger partial charge is 0.261 e. The second-order valence-electron chi connectivity index (χ2n) is 9.77. The summed E-state index contributed by atoms with van der Waals surface area (Å²) in [4.78, 5) is 23.3. The standard InChI is InChI=1S/C27H23F2N9/c1-16-12-38(15-32-16)22-4-2-3-21-24(22)34-26(33-21)23-20-8-19(11-31-25(20)36-35-23)18-7-17(9-30-10-18)13-37-6-5-27(28,29)14-37/h2-4,7-12,15H,5-6,13-14H2,1H3,(H,33,34)(H,31,35,36). The molecular weight excluding hydrogens is 488 g/mol. The van der Waals surface area contributed by atoms with Gasteiger partial charge in [0.25, 0.3) is 5.92 Å². The predicted molar refractivity (Wildman–Crippen MR) is 139 cm³/mol. The van der Waals surface area contributed by atoms with E-state index in [4.69, 9.17) is 4.98 Å². The molecule has 0 aliphatic carbocycles. The van der Waals surface area contributed by atoms with E-state index in [-0.39, 0.29) is 13.0 Å². The molecule has 7 rings (SSSR count). The zero-order valence-electron chi connectivity index (χ0n) is 20.5. The van der Waals surface area contributed by atoms with Gasteiger partial charge in [-0.3, -0.25) is 15.0 Å². The van der Waals surface area contributed by atoms with Crippen LogP contribution in [0.5, 0.6) is 0 Å². The van der Waals surface area contributed by atoms with Crippen molar-refractivity contribution in [3.05, 3.63) is 72.7 Å². The molecule has 2 N–H and O–H groups in total. The summed E-state index contributed by atoms with van der Waals surface area (Å²) in [5, 5.41) is 8.27. The highest BCUT2D eigenvalue weighted by molar-refractivity contribution is 5.94. The summed E-state index contributed by atoms with van der Waals surface area (Å²) in [6.07, 6.45) is 8.86. The predicted octanol–water partition coefficient (Wildman–Crippen LogP) is 4.90. The summed E-state index contributed by atoms with van der Waals surface area (Å²) in [6.45, 7) is 2.54. The number of H-pyrrole nitrogens is 2. The topological polar surface area (TPSA) is 104 Å². The number of pyridine rings is 2. The van der Waals surface area contributed by atoms with Crippen LogP contribution in [0.4, 0.5) is 8.78 Å². The number of rotatable bonds is 5. The van der Waals surface area contributed by atoms with Crippen molar-refractivity contribution in [2.24, 2.45) is 0 Å². The summed E-state index contributed by atoms with van der Waals surface area (Å²) in [5.74, 6) is -1.97. The number of aromatic nitrogens is 8. The van der Waals surface area contributed by atoms with Crippen LogP contribution in [0.15, 0.2) is 61.4 Å². The van der Waals surface area contributed by atoms with Crippen molar-refractivity contribution >= 4 is 22.1 Å². The number of alkyl halides is 2. The molecule has 1 aliphatic heterocycles. The number of para-hydroxylation sites is 1. The molecular formula is C27H23F2N9. The Kier molecular flexibility index (Phi) is 5.08. The van der Waals surface area contributed by atoms with E-state index in [1.807, 2.05) is 48.0 Å². The van der Waals surface area contributed by atoms with Gasteiger partial charge in [0, 0.05) is 55.4 Å². The second kappa shape index (κ2) is 8.52. The molecule has 190 valence electrons. The molecule has 0 saturated carbocycles. The maximum absolute atomic E-state index is 13.6. The number of halogens is 2. The summed E-state index contributed by atoms with van der Waals surface area (Å²) in [5.41, 5.74) is 7.44. The van der Waals surface area contributed by atoms with E-state index in [2.05, 4.69) is 30.1 Å². The van der Waals surface area contributed by atoms with Crippen molar-refractivity contribution in [1.82, 2.24) is 44.6 Å². The van der Waals surface area contributed by atoms with E-state index >= 15 is 0 Å². The number of fused-ring (bicyclic) bond motifs is 2. The highest BCUT2D eigenvalue weighted by atomic mass is 19.3. The Morgan fingerprint density at radius 3 is 2.79 bits per heavy atom. The van der Waals surface area contributed by atoms with Crippen LogP contribution >= 0.6 is 0 Å². The lowest BCUT2D eigenvalue weighted by molar-refractivity contribution is 0.0115. The maximum Gasteiger partial charge on any atom is 0.261 e. The van der Waals surface area contributed by atoms with Crippen LogP contribution in [0, 0.1) is 6.92 Å². The van der Waals surface area contributed by atoms with Crippen LogP contribution in [-0.2, 0) is 6.54 Å². The average Bonchev–Trinajstić information content (AvgIpc) is 3.69. The van der Waals surface area contributed by atoms with Gasteiger partial charge in [0.15, 0.2) is 11.5 Å². The van der Waals surface area contributed by atoms with Crippen molar-refractivity contribution in [3.63, 3.8) is 0 Å². The molecule has 0 bridgehead atoms. The van der Waals surface area contributed by atoms with Crippen molar-refractivity contribution < 1.29 is 8.78 Å². The summed E-state index contributed by atoms with van der Waals surface area (Å²) in [6, 6.07) is 9.94. The largest absolute Gasteiger partial charge is 0.337 e. The Labute approximate surface area is 215 Å². The lowest BCUT2D eigenvalue weighted by Gasteiger charge is -2.15. The van der Waals surface area contributed by atoms with E-state index in [1.54, 1.807) is 29.8 Å². The van der Waals surface area contributed by atoms with E-state index in [0.29, 0.717) is 24.6 Å². The van der Waals surface area contributed by atoms with Gasteiger partial charge in [0.2, 0.25) is 0 Å². The molecule has 0 atom stereocenters. The van der Waals surface area contributed by atoms with E-state index in [1.165, 1.54) is 0 Å². The highest BCUT2D eigenvalue weighted by Gasteiger charge is 2.37. The Balaban J connectivity index is 1.24. The summed E-state index contributed by atoms with van der Waals surface area (Å²) >= 11 is 0. The number of aryl methyl sites for hydroxylation is 1. The molecule has 1 aliphatic rings. The number of likely N-dealkylation sites (tertiary alicyclic amines) is 1. The molecule has 6 aromatic rings. The van der Waals surface area contributed by atoms with Gasteiger partial charge in [0.05, 0.1) is 35.2 Å². The van der Waals surface area contributed by atoms with E-state index in [9.17, 15) is 8.78 Å². The Hall–Kier alpha value is -4.51. The molecule has 6 heterocycles. The fourth-order valence-corrected chi connectivity index (χ4v) is 5.07. The fraction of sp³-hybridized carbons (Fsp3) is 0.222. The van der Waals surface area contributed by atoms with Gasteiger partial charge in [-0.05, 0) is 36.8 Å². The van der Waals surface area contributed by atoms with Crippen LogP contribution in [0.2, 0.25) is 0 Å². The van der Waals surface area contributed by atoms with Crippen LogP contribution in [0.1, 0.15) is 17.7 Å². The monoisotopic (exact) mass is 511 g/mol. The van der Waals surface area contributed by atoms with Gasteiger partial charge >= 0.3 is 0 Å². The van der Waals surface area contributed by atoms with Crippen molar-refractivity contribution in [3.8, 4) is 28.3 Å². The Bertz CT molecular complexity index is 1800. The average molecular weight is 512 g/mol. The first-order valence-corrected chi connectivity index (χ1v) is 12.3.